The Kier molecular flexibility index (Phi) is 4.64. The lowest BCUT2D eigenvalue weighted by atomic mass is 9.79. The molecule has 1 heteroatoms. The molecule has 90 valence electrons. The first-order valence-corrected chi connectivity index (χ1v) is 6.52. The first-order valence-electron chi connectivity index (χ1n) is 6.52. The molecule has 0 aliphatic carbocycles. The number of rotatable bonds is 2. The van der Waals surface area contributed by atoms with E-state index in [1.54, 1.807) is 0 Å². The van der Waals surface area contributed by atoms with E-state index in [0.717, 1.165) is 18.4 Å². The highest BCUT2D eigenvalue weighted by atomic mass is 16.5. The van der Waals surface area contributed by atoms with Crippen LogP contribution in [-0.2, 0) is 4.74 Å². The van der Waals surface area contributed by atoms with Gasteiger partial charge in [-0.25, -0.2) is 0 Å². The second-order valence-electron chi connectivity index (χ2n) is 6.58. The van der Waals surface area contributed by atoms with Gasteiger partial charge in [-0.1, -0.05) is 41.0 Å². The van der Waals surface area contributed by atoms with E-state index in [1.807, 2.05) is 0 Å². The first-order chi connectivity index (χ1) is 6.90. The lowest BCUT2D eigenvalue weighted by molar-refractivity contribution is -0.0140. The molecule has 15 heavy (non-hydrogen) atoms. The summed E-state index contributed by atoms with van der Waals surface area (Å²) in [6, 6.07) is 0. The minimum atomic E-state index is 0.391. The normalized spacial score (nSPS) is 29.2. The van der Waals surface area contributed by atoms with Crippen LogP contribution in [0.4, 0.5) is 0 Å². The molecular formula is C14H28O. The van der Waals surface area contributed by atoms with E-state index in [9.17, 15) is 0 Å². The Bertz CT molecular complexity index is 178. The van der Waals surface area contributed by atoms with Crippen LogP contribution in [0, 0.1) is 17.3 Å². The van der Waals surface area contributed by atoms with Gasteiger partial charge in [0.15, 0.2) is 0 Å². The lowest BCUT2D eigenvalue weighted by Gasteiger charge is -2.33. The van der Waals surface area contributed by atoms with E-state index in [4.69, 9.17) is 4.74 Å². The molecule has 1 heterocycles. The summed E-state index contributed by atoms with van der Waals surface area (Å²) in [5, 5.41) is 0. The second-order valence-corrected chi connectivity index (χ2v) is 6.58. The molecule has 0 amide bonds. The van der Waals surface area contributed by atoms with E-state index in [0.29, 0.717) is 11.5 Å². The van der Waals surface area contributed by atoms with Crippen LogP contribution in [0.1, 0.15) is 60.3 Å². The molecule has 1 fully saturated rings. The molecule has 2 unspecified atom stereocenters. The summed E-state index contributed by atoms with van der Waals surface area (Å²) in [4.78, 5) is 0. The Balaban J connectivity index is 2.62. The van der Waals surface area contributed by atoms with Crippen molar-refractivity contribution in [2.24, 2.45) is 17.3 Å². The monoisotopic (exact) mass is 212 g/mol. The van der Waals surface area contributed by atoms with Crippen molar-refractivity contribution in [1.29, 1.82) is 0 Å². The number of hydrogen-bond donors (Lipinski definition) is 0. The van der Waals surface area contributed by atoms with Crippen LogP contribution in [-0.4, -0.2) is 12.7 Å². The predicted octanol–water partition coefficient (Wildman–Crippen LogP) is 4.26. The first kappa shape index (κ1) is 13.0. The van der Waals surface area contributed by atoms with Gasteiger partial charge in [0.1, 0.15) is 0 Å². The summed E-state index contributed by atoms with van der Waals surface area (Å²) in [7, 11) is 0. The average Bonchev–Trinajstić information content (AvgIpc) is 2.26. The van der Waals surface area contributed by atoms with E-state index in [2.05, 4.69) is 34.6 Å². The topological polar surface area (TPSA) is 9.23 Å². The van der Waals surface area contributed by atoms with Gasteiger partial charge >= 0.3 is 0 Å². The van der Waals surface area contributed by atoms with Gasteiger partial charge < -0.3 is 4.74 Å². The van der Waals surface area contributed by atoms with Crippen molar-refractivity contribution < 1.29 is 4.74 Å². The van der Waals surface area contributed by atoms with Gasteiger partial charge in [0.05, 0.1) is 6.10 Å². The Labute approximate surface area is 95.6 Å². The van der Waals surface area contributed by atoms with Gasteiger partial charge in [-0.05, 0) is 36.5 Å². The third kappa shape index (κ3) is 4.55. The molecule has 0 N–H and O–H groups in total. The summed E-state index contributed by atoms with van der Waals surface area (Å²) in [5.41, 5.74) is 0.391. The standard InChI is InChI=1S/C14H28O/c1-11(2)12-8-6-7-9-15-13(12)10-14(3,4)5/h11-13H,6-10H2,1-5H3. The Hall–Kier alpha value is -0.0400. The lowest BCUT2D eigenvalue weighted by Crippen LogP contribution is -2.31. The van der Waals surface area contributed by atoms with Crippen LogP contribution in [0.25, 0.3) is 0 Å². The number of hydrogen-bond acceptors (Lipinski definition) is 1. The molecule has 2 atom stereocenters. The van der Waals surface area contributed by atoms with Crippen LogP contribution in [0.2, 0.25) is 0 Å². The SMILES string of the molecule is CC(C)C1CCCCOC1CC(C)(C)C. The highest BCUT2D eigenvalue weighted by Gasteiger charge is 2.30. The molecule has 0 radical (unpaired) electrons. The molecule has 0 bridgehead atoms. The van der Waals surface area contributed by atoms with E-state index in [-0.39, 0.29) is 0 Å². The van der Waals surface area contributed by atoms with Crippen molar-refractivity contribution >= 4 is 0 Å². The molecule has 1 saturated heterocycles. The van der Waals surface area contributed by atoms with Gasteiger partial charge in [0.2, 0.25) is 0 Å². The van der Waals surface area contributed by atoms with Gasteiger partial charge in [-0.3, -0.25) is 0 Å². The van der Waals surface area contributed by atoms with Crippen LogP contribution in [0.3, 0.4) is 0 Å². The smallest absolute Gasteiger partial charge is 0.0610 e. The third-order valence-corrected chi connectivity index (χ3v) is 3.41. The second kappa shape index (κ2) is 5.34. The van der Waals surface area contributed by atoms with Crippen molar-refractivity contribution in [3.8, 4) is 0 Å². The summed E-state index contributed by atoms with van der Waals surface area (Å²) in [5.74, 6) is 1.53. The van der Waals surface area contributed by atoms with Crippen molar-refractivity contribution in [3.05, 3.63) is 0 Å². The summed E-state index contributed by atoms with van der Waals surface area (Å²) < 4.78 is 6.05. The molecule has 0 saturated carbocycles. The third-order valence-electron chi connectivity index (χ3n) is 3.41. The van der Waals surface area contributed by atoms with E-state index < -0.39 is 0 Å². The zero-order valence-corrected chi connectivity index (χ0v) is 11.2. The fraction of sp³-hybridized carbons (Fsp3) is 1.00. The van der Waals surface area contributed by atoms with E-state index in [1.165, 1.54) is 25.7 Å². The minimum Gasteiger partial charge on any atom is -0.378 e. The van der Waals surface area contributed by atoms with Gasteiger partial charge in [0.25, 0.3) is 0 Å². The summed E-state index contributed by atoms with van der Waals surface area (Å²) >= 11 is 0. The molecule has 1 nitrogen and oxygen atoms in total. The van der Waals surface area contributed by atoms with Crippen molar-refractivity contribution in [2.75, 3.05) is 6.61 Å². The fourth-order valence-electron chi connectivity index (χ4n) is 2.60. The van der Waals surface area contributed by atoms with E-state index >= 15 is 0 Å². The van der Waals surface area contributed by atoms with Crippen LogP contribution in [0.5, 0.6) is 0 Å². The van der Waals surface area contributed by atoms with Crippen molar-refractivity contribution in [2.45, 2.75) is 66.4 Å². The van der Waals surface area contributed by atoms with Gasteiger partial charge in [0, 0.05) is 6.61 Å². The minimum absolute atomic E-state index is 0.391. The maximum absolute atomic E-state index is 6.05. The summed E-state index contributed by atoms with van der Waals surface area (Å²) in [6.07, 6.45) is 5.66. The Morgan fingerprint density at radius 2 is 1.87 bits per heavy atom. The quantitative estimate of drug-likeness (QED) is 0.664. The Morgan fingerprint density at radius 3 is 2.40 bits per heavy atom. The molecular weight excluding hydrogens is 184 g/mol. The molecule has 1 aliphatic rings. The molecule has 1 rings (SSSR count). The highest BCUT2D eigenvalue weighted by molar-refractivity contribution is 4.80. The fourth-order valence-corrected chi connectivity index (χ4v) is 2.60. The van der Waals surface area contributed by atoms with Crippen LogP contribution >= 0.6 is 0 Å². The van der Waals surface area contributed by atoms with Gasteiger partial charge in [-0.15, -0.1) is 0 Å². The van der Waals surface area contributed by atoms with Crippen LogP contribution < -0.4 is 0 Å². The number of ether oxygens (including phenoxy) is 1. The highest BCUT2D eigenvalue weighted by Crippen LogP contribution is 2.34. The predicted molar refractivity (Wildman–Crippen MR) is 66.0 cm³/mol. The van der Waals surface area contributed by atoms with Crippen molar-refractivity contribution in [1.82, 2.24) is 0 Å². The molecule has 0 aromatic heterocycles. The zero-order valence-electron chi connectivity index (χ0n) is 11.2. The zero-order chi connectivity index (χ0) is 11.5. The maximum Gasteiger partial charge on any atom is 0.0610 e. The average molecular weight is 212 g/mol. The van der Waals surface area contributed by atoms with Gasteiger partial charge in [-0.2, -0.15) is 0 Å². The molecule has 0 aromatic rings. The maximum atomic E-state index is 6.05. The molecule has 0 spiro atoms. The largest absolute Gasteiger partial charge is 0.378 e. The summed E-state index contributed by atoms with van der Waals surface area (Å²) in [6.45, 7) is 12.6. The molecule has 1 aliphatic heterocycles. The Morgan fingerprint density at radius 1 is 1.20 bits per heavy atom. The molecule has 0 aromatic carbocycles. The van der Waals surface area contributed by atoms with Crippen LogP contribution in [0.15, 0.2) is 0 Å². The van der Waals surface area contributed by atoms with Crippen molar-refractivity contribution in [3.63, 3.8) is 0 Å².